The van der Waals surface area contributed by atoms with Gasteiger partial charge in [-0.2, -0.15) is 0 Å². The summed E-state index contributed by atoms with van der Waals surface area (Å²) < 4.78 is 0. The molecule has 0 heterocycles. The molecule has 0 N–H and O–H groups in total. The molecule has 0 aliphatic carbocycles. The lowest BCUT2D eigenvalue weighted by molar-refractivity contribution is 0.103. The molecule has 0 fully saturated rings. The number of aryl methyl sites for hydroxylation is 1. The Hall–Kier alpha value is -1.89. The number of rotatable bonds is 2. The first kappa shape index (κ1) is 13.5. The average Bonchev–Trinajstić information content (AvgIpc) is 2.37. The zero-order valence-electron chi connectivity index (χ0n) is 12.0. The van der Waals surface area contributed by atoms with Crippen molar-refractivity contribution in [2.75, 3.05) is 0 Å². The molecule has 0 saturated heterocycles. The van der Waals surface area contributed by atoms with E-state index in [0.717, 1.165) is 16.7 Å². The second kappa shape index (κ2) is 5.00. The van der Waals surface area contributed by atoms with Crippen molar-refractivity contribution >= 4 is 5.78 Å². The van der Waals surface area contributed by atoms with Crippen molar-refractivity contribution in [2.45, 2.75) is 33.1 Å². The largest absolute Gasteiger partial charge is 0.289 e. The molecule has 0 spiro atoms. The van der Waals surface area contributed by atoms with Crippen LogP contribution in [-0.2, 0) is 5.41 Å². The van der Waals surface area contributed by atoms with Gasteiger partial charge >= 0.3 is 0 Å². The van der Waals surface area contributed by atoms with Crippen molar-refractivity contribution in [1.82, 2.24) is 0 Å². The Morgan fingerprint density at radius 3 is 2.05 bits per heavy atom. The van der Waals surface area contributed by atoms with E-state index in [9.17, 15) is 4.79 Å². The fraction of sp³-hybridized carbons (Fsp3) is 0.278. The first-order valence-electron chi connectivity index (χ1n) is 6.60. The number of hydrogen-bond acceptors (Lipinski definition) is 1. The minimum Gasteiger partial charge on any atom is -0.289 e. The van der Waals surface area contributed by atoms with Gasteiger partial charge in [0.25, 0.3) is 0 Å². The van der Waals surface area contributed by atoms with Crippen molar-refractivity contribution in [1.29, 1.82) is 0 Å². The van der Waals surface area contributed by atoms with Gasteiger partial charge in [0.1, 0.15) is 0 Å². The molecule has 0 atom stereocenters. The van der Waals surface area contributed by atoms with Crippen LogP contribution in [0, 0.1) is 6.92 Å². The number of ketones is 1. The Morgan fingerprint density at radius 2 is 1.53 bits per heavy atom. The highest BCUT2D eigenvalue weighted by Gasteiger charge is 2.14. The van der Waals surface area contributed by atoms with E-state index in [1.165, 1.54) is 5.56 Å². The fourth-order valence-electron chi connectivity index (χ4n) is 2.07. The summed E-state index contributed by atoms with van der Waals surface area (Å²) in [4.78, 5) is 12.4. The highest BCUT2D eigenvalue weighted by molar-refractivity contribution is 6.09. The van der Waals surface area contributed by atoms with Gasteiger partial charge in [-0.15, -0.1) is 0 Å². The van der Waals surface area contributed by atoms with Gasteiger partial charge in [-0.3, -0.25) is 4.79 Å². The zero-order valence-corrected chi connectivity index (χ0v) is 12.0. The van der Waals surface area contributed by atoms with Crippen LogP contribution in [-0.4, -0.2) is 5.78 Å². The SMILES string of the molecule is Cc1cccc(C(=O)c2ccc(C(C)(C)C)cc2)c1. The molecule has 0 aliphatic heterocycles. The van der Waals surface area contributed by atoms with Crippen LogP contribution in [0.4, 0.5) is 0 Å². The summed E-state index contributed by atoms with van der Waals surface area (Å²) >= 11 is 0. The summed E-state index contributed by atoms with van der Waals surface area (Å²) in [7, 11) is 0. The molecular formula is C18H20O. The maximum atomic E-state index is 12.4. The number of benzene rings is 2. The maximum Gasteiger partial charge on any atom is 0.193 e. The summed E-state index contributed by atoms with van der Waals surface area (Å²) in [5.41, 5.74) is 3.97. The molecule has 0 amide bonds. The van der Waals surface area contributed by atoms with Crippen molar-refractivity contribution in [2.24, 2.45) is 0 Å². The van der Waals surface area contributed by atoms with Crippen LogP contribution in [0.2, 0.25) is 0 Å². The lowest BCUT2D eigenvalue weighted by Gasteiger charge is -2.19. The minimum atomic E-state index is 0.0872. The summed E-state index contributed by atoms with van der Waals surface area (Å²) in [5, 5.41) is 0. The monoisotopic (exact) mass is 252 g/mol. The molecule has 1 nitrogen and oxygen atoms in total. The molecule has 0 saturated carbocycles. The normalized spacial score (nSPS) is 11.4. The molecular weight excluding hydrogens is 232 g/mol. The molecule has 0 radical (unpaired) electrons. The summed E-state index contributed by atoms with van der Waals surface area (Å²) in [6, 6.07) is 15.7. The van der Waals surface area contributed by atoms with Gasteiger partial charge in [0, 0.05) is 11.1 Å². The van der Waals surface area contributed by atoms with Crippen LogP contribution >= 0.6 is 0 Å². The Balaban J connectivity index is 2.30. The molecule has 0 unspecified atom stereocenters. The molecule has 98 valence electrons. The standard InChI is InChI=1S/C18H20O/c1-13-6-5-7-15(12-13)17(19)14-8-10-16(11-9-14)18(2,3)4/h5-12H,1-4H3. The minimum absolute atomic E-state index is 0.0872. The van der Waals surface area contributed by atoms with E-state index in [-0.39, 0.29) is 11.2 Å². The second-order valence-electron chi connectivity index (χ2n) is 6.03. The third kappa shape index (κ3) is 3.11. The van der Waals surface area contributed by atoms with E-state index >= 15 is 0 Å². The van der Waals surface area contributed by atoms with Crippen molar-refractivity contribution in [3.8, 4) is 0 Å². The third-order valence-corrected chi connectivity index (χ3v) is 3.29. The van der Waals surface area contributed by atoms with E-state index in [1.807, 2.05) is 55.5 Å². The van der Waals surface area contributed by atoms with Gasteiger partial charge < -0.3 is 0 Å². The number of hydrogen-bond donors (Lipinski definition) is 0. The predicted octanol–water partition coefficient (Wildman–Crippen LogP) is 4.52. The summed E-state index contributed by atoms with van der Waals surface area (Å²) in [6.45, 7) is 8.51. The Kier molecular flexibility index (Phi) is 3.57. The zero-order chi connectivity index (χ0) is 14.0. The Bertz CT molecular complexity index is 586. The summed E-state index contributed by atoms with van der Waals surface area (Å²) in [5.74, 6) is 0.0872. The quantitative estimate of drug-likeness (QED) is 0.718. The molecule has 2 aromatic carbocycles. The van der Waals surface area contributed by atoms with Crippen LogP contribution in [0.1, 0.15) is 47.8 Å². The van der Waals surface area contributed by atoms with Gasteiger partial charge in [0.15, 0.2) is 5.78 Å². The van der Waals surface area contributed by atoms with Crippen molar-refractivity contribution in [3.63, 3.8) is 0 Å². The first-order valence-corrected chi connectivity index (χ1v) is 6.60. The second-order valence-corrected chi connectivity index (χ2v) is 6.03. The molecule has 1 heteroatoms. The van der Waals surface area contributed by atoms with E-state index in [2.05, 4.69) is 20.8 Å². The molecule has 0 aromatic heterocycles. The van der Waals surface area contributed by atoms with E-state index < -0.39 is 0 Å². The number of carbonyl (C=O) groups excluding carboxylic acids is 1. The fourth-order valence-corrected chi connectivity index (χ4v) is 2.07. The van der Waals surface area contributed by atoms with Gasteiger partial charge in [0.05, 0.1) is 0 Å². The lowest BCUT2D eigenvalue weighted by Crippen LogP contribution is -2.11. The Labute approximate surface area is 115 Å². The van der Waals surface area contributed by atoms with Crippen molar-refractivity contribution in [3.05, 3.63) is 70.8 Å². The highest BCUT2D eigenvalue weighted by atomic mass is 16.1. The third-order valence-electron chi connectivity index (χ3n) is 3.29. The molecule has 19 heavy (non-hydrogen) atoms. The van der Waals surface area contributed by atoms with Crippen LogP contribution in [0.15, 0.2) is 48.5 Å². The van der Waals surface area contributed by atoms with Gasteiger partial charge in [-0.1, -0.05) is 68.8 Å². The average molecular weight is 252 g/mol. The number of carbonyl (C=O) groups is 1. The Morgan fingerprint density at radius 1 is 0.895 bits per heavy atom. The maximum absolute atomic E-state index is 12.4. The molecule has 0 bridgehead atoms. The lowest BCUT2D eigenvalue weighted by atomic mass is 9.86. The van der Waals surface area contributed by atoms with Crippen LogP contribution < -0.4 is 0 Å². The van der Waals surface area contributed by atoms with Gasteiger partial charge in [-0.25, -0.2) is 0 Å². The molecule has 2 aromatic rings. The van der Waals surface area contributed by atoms with Gasteiger partial charge in [-0.05, 0) is 24.0 Å². The van der Waals surface area contributed by atoms with Crippen LogP contribution in [0.25, 0.3) is 0 Å². The van der Waals surface area contributed by atoms with E-state index in [4.69, 9.17) is 0 Å². The topological polar surface area (TPSA) is 17.1 Å². The first-order chi connectivity index (χ1) is 8.88. The van der Waals surface area contributed by atoms with E-state index in [1.54, 1.807) is 0 Å². The summed E-state index contributed by atoms with van der Waals surface area (Å²) in [6.07, 6.45) is 0. The van der Waals surface area contributed by atoms with Gasteiger partial charge in [0.2, 0.25) is 0 Å². The van der Waals surface area contributed by atoms with Crippen LogP contribution in [0.5, 0.6) is 0 Å². The highest BCUT2D eigenvalue weighted by Crippen LogP contribution is 2.23. The van der Waals surface area contributed by atoms with Crippen LogP contribution in [0.3, 0.4) is 0 Å². The molecule has 2 rings (SSSR count). The molecule has 0 aliphatic rings. The smallest absolute Gasteiger partial charge is 0.193 e. The van der Waals surface area contributed by atoms with Crippen molar-refractivity contribution < 1.29 is 4.79 Å². The predicted molar refractivity (Wildman–Crippen MR) is 79.8 cm³/mol. The van der Waals surface area contributed by atoms with E-state index in [0.29, 0.717) is 0 Å².